The fraction of sp³-hybridized carbons (Fsp3) is 0.0741. The first-order chi connectivity index (χ1) is 16.7. The number of nitrogens with zero attached hydrogens (tertiary/aromatic N) is 2. The van der Waals surface area contributed by atoms with E-state index in [4.69, 9.17) is 4.98 Å². The first-order valence-electron chi connectivity index (χ1n) is 10.9. The zero-order chi connectivity index (χ0) is 23.3. The Bertz CT molecular complexity index is 1330. The van der Waals surface area contributed by atoms with E-state index in [1.54, 1.807) is 0 Å². The number of nitrogens with one attached hydrogen (secondary N) is 2. The van der Waals surface area contributed by atoms with Gasteiger partial charge in [-0.3, -0.25) is 4.79 Å². The number of rotatable bonds is 7. The van der Waals surface area contributed by atoms with Gasteiger partial charge in [0.15, 0.2) is 10.3 Å². The van der Waals surface area contributed by atoms with Gasteiger partial charge in [-0.15, -0.1) is 11.3 Å². The maximum Gasteiger partial charge on any atom is 0.239 e. The average Bonchev–Trinajstić information content (AvgIpc) is 3.53. The lowest BCUT2D eigenvalue weighted by Gasteiger charge is -2.08. The van der Waals surface area contributed by atoms with Crippen molar-refractivity contribution in [2.75, 3.05) is 5.32 Å². The lowest BCUT2D eigenvalue weighted by atomic mass is 10.1. The van der Waals surface area contributed by atoms with Gasteiger partial charge in [0.25, 0.3) is 0 Å². The van der Waals surface area contributed by atoms with Gasteiger partial charge < -0.3 is 10.3 Å². The number of carbonyl (C=O) groups excluding carboxylic acids is 1. The van der Waals surface area contributed by atoms with Crippen molar-refractivity contribution in [1.82, 2.24) is 15.0 Å². The van der Waals surface area contributed by atoms with Gasteiger partial charge in [0.2, 0.25) is 5.91 Å². The van der Waals surface area contributed by atoms with Crippen molar-refractivity contribution in [3.8, 4) is 33.8 Å². The van der Waals surface area contributed by atoms with Gasteiger partial charge in [0, 0.05) is 22.1 Å². The van der Waals surface area contributed by atoms with Crippen molar-refractivity contribution in [1.29, 1.82) is 0 Å². The maximum atomic E-state index is 12.9. The fourth-order valence-electron chi connectivity index (χ4n) is 3.53. The third-order valence-corrected chi connectivity index (χ3v) is 7.00. The molecule has 0 saturated carbocycles. The predicted octanol–water partition coefficient (Wildman–Crippen LogP) is 6.99. The van der Waals surface area contributed by atoms with Gasteiger partial charge >= 0.3 is 0 Å². The number of hydrogen-bond donors (Lipinski definition) is 2. The third-order valence-electron chi connectivity index (χ3n) is 5.25. The van der Waals surface area contributed by atoms with Crippen LogP contribution >= 0.6 is 23.1 Å². The number of benzene rings is 3. The Morgan fingerprint density at radius 3 is 2.09 bits per heavy atom. The second-order valence-electron chi connectivity index (χ2n) is 7.65. The Labute approximate surface area is 206 Å². The van der Waals surface area contributed by atoms with Crippen molar-refractivity contribution in [3.63, 3.8) is 0 Å². The van der Waals surface area contributed by atoms with Crippen LogP contribution < -0.4 is 5.32 Å². The predicted molar refractivity (Wildman–Crippen MR) is 141 cm³/mol. The highest BCUT2D eigenvalue weighted by atomic mass is 32.2. The number of aromatic nitrogens is 3. The van der Waals surface area contributed by atoms with Crippen LogP contribution in [0, 0.1) is 0 Å². The van der Waals surface area contributed by atoms with Crippen LogP contribution in [0.25, 0.3) is 33.8 Å². The van der Waals surface area contributed by atoms with Gasteiger partial charge in [0.05, 0.1) is 22.3 Å². The molecule has 5 aromatic rings. The number of imidazole rings is 1. The summed E-state index contributed by atoms with van der Waals surface area (Å²) in [4.78, 5) is 25.7. The third kappa shape index (κ3) is 4.95. The van der Waals surface area contributed by atoms with Crippen molar-refractivity contribution < 1.29 is 4.79 Å². The van der Waals surface area contributed by atoms with E-state index in [0.717, 1.165) is 33.8 Å². The van der Waals surface area contributed by atoms with Crippen LogP contribution in [0.2, 0.25) is 0 Å². The molecule has 168 valence electrons. The van der Waals surface area contributed by atoms with E-state index in [9.17, 15) is 4.79 Å². The number of hydrogen-bond acceptors (Lipinski definition) is 5. The largest absolute Gasteiger partial charge is 0.332 e. The summed E-state index contributed by atoms with van der Waals surface area (Å²) in [7, 11) is 0. The molecular formula is C27H22N4OS2. The normalized spacial score (nSPS) is 11.8. The van der Waals surface area contributed by atoms with E-state index in [0.29, 0.717) is 10.3 Å². The number of anilines is 1. The molecule has 7 heteroatoms. The van der Waals surface area contributed by atoms with Crippen LogP contribution in [0.3, 0.4) is 0 Å². The number of thioether (sulfide) groups is 1. The zero-order valence-electron chi connectivity index (χ0n) is 18.4. The molecule has 2 heterocycles. The molecule has 0 aliphatic carbocycles. The molecule has 3 aromatic carbocycles. The standard InChI is InChI=1S/C27H22N4OS2/c1-18(25(32)31-26-28-22(17-33-26)19-11-5-2-6-12-19)34-27-29-23(20-13-7-3-8-14-20)24(30-27)21-15-9-4-10-16-21/h2-18H,1H3,(H,29,30)(H,28,31,32). The molecule has 0 aliphatic heterocycles. The number of carbonyl (C=O) groups is 1. The lowest BCUT2D eigenvalue weighted by molar-refractivity contribution is -0.115. The molecule has 34 heavy (non-hydrogen) atoms. The first kappa shape index (κ1) is 22.1. The summed E-state index contributed by atoms with van der Waals surface area (Å²) in [5, 5.41) is 5.82. The van der Waals surface area contributed by atoms with E-state index in [-0.39, 0.29) is 11.2 Å². The highest BCUT2D eigenvalue weighted by Crippen LogP contribution is 2.34. The Hall–Kier alpha value is -3.68. The minimum Gasteiger partial charge on any atom is -0.332 e. The van der Waals surface area contributed by atoms with Crippen molar-refractivity contribution in [3.05, 3.63) is 96.4 Å². The summed E-state index contributed by atoms with van der Waals surface area (Å²) in [6.07, 6.45) is 0. The molecule has 0 saturated heterocycles. The monoisotopic (exact) mass is 482 g/mol. The molecule has 0 bridgehead atoms. The van der Waals surface area contributed by atoms with Gasteiger partial charge in [-0.2, -0.15) is 0 Å². The van der Waals surface area contributed by atoms with Crippen LogP contribution in [0.1, 0.15) is 6.92 Å². The minimum atomic E-state index is -0.359. The first-order valence-corrected chi connectivity index (χ1v) is 12.6. The SMILES string of the molecule is CC(Sc1nc(-c2ccccc2)c(-c2ccccc2)[nH]1)C(=O)Nc1nc(-c2ccccc2)cs1. The van der Waals surface area contributed by atoms with Crippen LogP contribution in [-0.4, -0.2) is 26.1 Å². The van der Waals surface area contributed by atoms with Gasteiger partial charge in [-0.25, -0.2) is 9.97 Å². The van der Waals surface area contributed by atoms with E-state index >= 15 is 0 Å². The number of thiazole rings is 1. The second kappa shape index (κ2) is 10.1. The second-order valence-corrected chi connectivity index (χ2v) is 9.84. The zero-order valence-corrected chi connectivity index (χ0v) is 20.1. The molecule has 0 radical (unpaired) electrons. The molecular weight excluding hydrogens is 460 g/mol. The Morgan fingerprint density at radius 2 is 1.44 bits per heavy atom. The molecule has 5 nitrogen and oxygen atoms in total. The maximum absolute atomic E-state index is 12.9. The smallest absolute Gasteiger partial charge is 0.239 e. The van der Waals surface area contributed by atoms with Crippen molar-refractivity contribution in [2.24, 2.45) is 0 Å². The molecule has 2 aromatic heterocycles. The van der Waals surface area contributed by atoms with Crippen LogP contribution in [0.4, 0.5) is 5.13 Å². The summed E-state index contributed by atoms with van der Waals surface area (Å²) in [5.41, 5.74) is 5.77. The van der Waals surface area contributed by atoms with Crippen molar-refractivity contribution in [2.45, 2.75) is 17.3 Å². The molecule has 1 unspecified atom stereocenters. The van der Waals surface area contributed by atoms with Crippen molar-refractivity contribution >= 4 is 34.1 Å². The molecule has 1 amide bonds. The highest BCUT2D eigenvalue weighted by molar-refractivity contribution is 8.00. The number of amides is 1. The quantitative estimate of drug-likeness (QED) is 0.245. The topological polar surface area (TPSA) is 70.7 Å². The van der Waals surface area contributed by atoms with E-state index < -0.39 is 0 Å². The van der Waals surface area contributed by atoms with Crippen LogP contribution in [0.5, 0.6) is 0 Å². The molecule has 1 atom stereocenters. The molecule has 0 spiro atoms. The van der Waals surface area contributed by atoms with E-state index in [1.165, 1.54) is 23.1 Å². The van der Waals surface area contributed by atoms with Gasteiger partial charge in [-0.1, -0.05) is 103 Å². The molecule has 0 fully saturated rings. The molecule has 0 aliphatic rings. The van der Waals surface area contributed by atoms with E-state index in [1.807, 2.05) is 91.2 Å². The van der Waals surface area contributed by atoms with E-state index in [2.05, 4.69) is 27.4 Å². The Morgan fingerprint density at radius 1 is 0.853 bits per heavy atom. The Balaban J connectivity index is 1.33. The molecule has 5 rings (SSSR count). The molecule has 2 N–H and O–H groups in total. The summed E-state index contributed by atoms with van der Waals surface area (Å²) < 4.78 is 0. The summed E-state index contributed by atoms with van der Waals surface area (Å²) in [6.45, 7) is 1.87. The average molecular weight is 483 g/mol. The minimum absolute atomic E-state index is 0.113. The van der Waals surface area contributed by atoms with Gasteiger partial charge in [0.1, 0.15) is 0 Å². The van der Waals surface area contributed by atoms with Gasteiger partial charge in [-0.05, 0) is 6.92 Å². The Kier molecular flexibility index (Phi) is 6.56. The highest BCUT2D eigenvalue weighted by Gasteiger charge is 2.20. The lowest BCUT2D eigenvalue weighted by Crippen LogP contribution is -2.22. The number of H-pyrrole nitrogens is 1. The van der Waals surface area contributed by atoms with Crippen LogP contribution in [-0.2, 0) is 4.79 Å². The van der Waals surface area contributed by atoms with Crippen LogP contribution in [0.15, 0.2) is 102 Å². The summed E-state index contributed by atoms with van der Waals surface area (Å²) >= 11 is 2.82. The fourth-order valence-corrected chi connectivity index (χ4v) is 5.06. The summed E-state index contributed by atoms with van der Waals surface area (Å²) in [6, 6.07) is 30.1. The summed E-state index contributed by atoms with van der Waals surface area (Å²) in [5.74, 6) is -0.113. The number of aromatic amines is 1.